The van der Waals surface area contributed by atoms with E-state index in [0.29, 0.717) is 18.0 Å². The van der Waals surface area contributed by atoms with E-state index < -0.39 is 0 Å². The zero-order chi connectivity index (χ0) is 14.5. The van der Waals surface area contributed by atoms with E-state index in [9.17, 15) is 4.79 Å². The minimum Gasteiger partial charge on any atom is -0.352 e. The van der Waals surface area contributed by atoms with Gasteiger partial charge in [0.15, 0.2) is 0 Å². The van der Waals surface area contributed by atoms with Crippen molar-refractivity contribution in [2.24, 2.45) is 17.6 Å². The maximum atomic E-state index is 12.2. The first kappa shape index (κ1) is 15.0. The largest absolute Gasteiger partial charge is 0.352 e. The molecule has 1 saturated carbocycles. The van der Waals surface area contributed by atoms with Crippen LogP contribution in [0.1, 0.15) is 48.7 Å². The van der Waals surface area contributed by atoms with E-state index in [1.807, 2.05) is 11.6 Å². The quantitative estimate of drug-likeness (QED) is 0.832. The molecular weight excluding hydrogens is 252 g/mol. The van der Waals surface area contributed by atoms with Gasteiger partial charge in [-0.15, -0.1) is 0 Å². The van der Waals surface area contributed by atoms with Crippen molar-refractivity contribution < 1.29 is 4.79 Å². The number of aromatic nitrogens is 2. The highest BCUT2D eigenvalue weighted by Crippen LogP contribution is 2.30. The molecule has 2 atom stereocenters. The molecule has 2 unspecified atom stereocenters. The van der Waals surface area contributed by atoms with Gasteiger partial charge in [-0.2, -0.15) is 5.10 Å². The average molecular weight is 278 g/mol. The van der Waals surface area contributed by atoms with E-state index in [0.717, 1.165) is 31.1 Å². The molecule has 2 rings (SSSR count). The summed E-state index contributed by atoms with van der Waals surface area (Å²) in [4.78, 5) is 12.2. The fraction of sp³-hybridized carbons (Fsp3) is 0.733. The van der Waals surface area contributed by atoms with Gasteiger partial charge in [-0.05, 0) is 38.1 Å². The summed E-state index contributed by atoms with van der Waals surface area (Å²) >= 11 is 0. The Morgan fingerprint density at radius 2 is 2.35 bits per heavy atom. The number of nitrogens with one attached hydrogen (secondary N) is 1. The lowest BCUT2D eigenvalue weighted by Gasteiger charge is -2.15. The van der Waals surface area contributed by atoms with Crippen LogP contribution in [0.15, 0.2) is 6.20 Å². The summed E-state index contributed by atoms with van der Waals surface area (Å²) in [7, 11) is 0. The summed E-state index contributed by atoms with van der Waals surface area (Å²) in [5, 5.41) is 7.33. The van der Waals surface area contributed by atoms with Crippen molar-refractivity contribution in [3.63, 3.8) is 0 Å². The van der Waals surface area contributed by atoms with Crippen LogP contribution in [0, 0.1) is 18.8 Å². The fourth-order valence-electron chi connectivity index (χ4n) is 2.98. The fourth-order valence-corrected chi connectivity index (χ4v) is 2.98. The molecule has 0 spiro atoms. The van der Waals surface area contributed by atoms with E-state index in [1.165, 1.54) is 19.3 Å². The topological polar surface area (TPSA) is 72.9 Å². The Morgan fingerprint density at radius 1 is 1.55 bits per heavy atom. The third-order valence-corrected chi connectivity index (χ3v) is 4.49. The van der Waals surface area contributed by atoms with E-state index >= 15 is 0 Å². The number of aryl methyl sites for hydroxylation is 1. The third-order valence-electron chi connectivity index (χ3n) is 4.49. The highest BCUT2D eigenvalue weighted by atomic mass is 16.1. The Balaban J connectivity index is 1.90. The summed E-state index contributed by atoms with van der Waals surface area (Å²) in [6.07, 6.45) is 6.35. The normalized spacial score (nSPS) is 22.1. The van der Waals surface area contributed by atoms with Crippen molar-refractivity contribution in [2.45, 2.75) is 46.1 Å². The number of nitrogens with zero attached hydrogens (tertiary/aromatic N) is 2. The van der Waals surface area contributed by atoms with E-state index in [4.69, 9.17) is 5.73 Å². The standard InChI is InChI=1S/C15H26N4O/c1-11-5-3-6-13(11)9-17-15(20)14-10-18-19(12(14)2)8-4-7-16/h10-11,13H,3-9,16H2,1-2H3,(H,17,20). The summed E-state index contributed by atoms with van der Waals surface area (Å²) < 4.78 is 1.86. The van der Waals surface area contributed by atoms with Gasteiger partial charge in [-0.1, -0.05) is 19.8 Å². The number of nitrogens with two attached hydrogens (primary N) is 1. The second kappa shape index (κ2) is 6.88. The van der Waals surface area contributed by atoms with Gasteiger partial charge in [-0.25, -0.2) is 0 Å². The zero-order valence-electron chi connectivity index (χ0n) is 12.6. The summed E-state index contributed by atoms with van der Waals surface area (Å²) in [5.41, 5.74) is 7.12. The Hall–Kier alpha value is -1.36. The first-order valence-corrected chi connectivity index (χ1v) is 7.64. The molecule has 0 aromatic carbocycles. The van der Waals surface area contributed by atoms with Gasteiger partial charge in [-0.3, -0.25) is 9.48 Å². The van der Waals surface area contributed by atoms with E-state index in [-0.39, 0.29) is 5.91 Å². The van der Waals surface area contributed by atoms with Crippen molar-refractivity contribution in [1.29, 1.82) is 0 Å². The number of carbonyl (C=O) groups excluding carboxylic acids is 1. The molecule has 0 aliphatic heterocycles. The molecule has 1 amide bonds. The van der Waals surface area contributed by atoms with Crippen LogP contribution in [-0.4, -0.2) is 28.8 Å². The predicted octanol–water partition coefficient (Wildman–Crippen LogP) is 1.71. The van der Waals surface area contributed by atoms with Crippen LogP contribution in [0.4, 0.5) is 0 Å². The number of hydrogen-bond donors (Lipinski definition) is 2. The maximum absolute atomic E-state index is 12.2. The molecule has 5 heteroatoms. The molecule has 0 radical (unpaired) electrons. The SMILES string of the molecule is Cc1c(C(=O)NCC2CCCC2C)cnn1CCCN. The van der Waals surface area contributed by atoms with Crippen LogP contribution in [0.3, 0.4) is 0 Å². The Bertz CT molecular complexity index is 455. The molecule has 112 valence electrons. The first-order valence-electron chi connectivity index (χ1n) is 7.64. The van der Waals surface area contributed by atoms with Gasteiger partial charge in [0.1, 0.15) is 0 Å². The molecule has 1 aromatic rings. The zero-order valence-corrected chi connectivity index (χ0v) is 12.6. The van der Waals surface area contributed by atoms with E-state index in [2.05, 4.69) is 17.3 Å². The second-order valence-electron chi connectivity index (χ2n) is 5.89. The molecule has 3 N–H and O–H groups in total. The van der Waals surface area contributed by atoms with Crippen molar-refractivity contribution in [3.05, 3.63) is 17.5 Å². The first-order chi connectivity index (χ1) is 9.63. The molecule has 1 aliphatic rings. The minimum absolute atomic E-state index is 0.000554. The van der Waals surface area contributed by atoms with Gasteiger partial charge in [0.2, 0.25) is 0 Å². The molecule has 0 saturated heterocycles. The second-order valence-corrected chi connectivity index (χ2v) is 5.89. The minimum atomic E-state index is 0.000554. The maximum Gasteiger partial charge on any atom is 0.254 e. The Labute approximate surface area is 120 Å². The number of amides is 1. The lowest BCUT2D eigenvalue weighted by atomic mass is 9.98. The molecular formula is C15H26N4O. The molecule has 1 aliphatic carbocycles. The third kappa shape index (κ3) is 3.39. The average Bonchev–Trinajstić information content (AvgIpc) is 3.00. The molecule has 1 heterocycles. The van der Waals surface area contributed by atoms with Crippen LogP contribution in [-0.2, 0) is 6.54 Å². The van der Waals surface area contributed by atoms with Crippen molar-refractivity contribution >= 4 is 5.91 Å². The van der Waals surface area contributed by atoms with Gasteiger partial charge < -0.3 is 11.1 Å². The van der Waals surface area contributed by atoms with E-state index in [1.54, 1.807) is 6.20 Å². The van der Waals surface area contributed by atoms with Crippen LogP contribution in [0.25, 0.3) is 0 Å². The summed E-state index contributed by atoms with van der Waals surface area (Å²) in [6, 6.07) is 0. The molecule has 20 heavy (non-hydrogen) atoms. The van der Waals surface area contributed by atoms with Crippen molar-refractivity contribution in [2.75, 3.05) is 13.1 Å². The van der Waals surface area contributed by atoms with Crippen molar-refractivity contribution in [1.82, 2.24) is 15.1 Å². The number of hydrogen-bond acceptors (Lipinski definition) is 3. The van der Waals surface area contributed by atoms with Gasteiger partial charge >= 0.3 is 0 Å². The highest BCUT2D eigenvalue weighted by Gasteiger charge is 2.24. The van der Waals surface area contributed by atoms with Crippen LogP contribution in [0.2, 0.25) is 0 Å². The lowest BCUT2D eigenvalue weighted by Crippen LogP contribution is -2.30. The number of rotatable bonds is 6. The summed E-state index contributed by atoms with van der Waals surface area (Å²) in [6.45, 7) is 6.42. The van der Waals surface area contributed by atoms with Crippen molar-refractivity contribution in [3.8, 4) is 0 Å². The predicted molar refractivity (Wildman–Crippen MR) is 79.5 cm³/mol. The molecule has 1 fully saturated rings. The summed E-state index contributed by atoms with van der Waals surface area (Å²) in [5.74, 6) is 1.36. The van der Waals surface area contributed by atoms with Crippen LogP contribution in [0.5, 0.6) is 0 Å². The Morgan fingerprint density at radius 3 is 3.00 bits per heavy atom. The van der Waals surface area contributed by atoms with Crippen LogP contribution < -0.4 is 11.1 Å². The monoisotopic (exact) mass is 278 g/mol. The van der Waals surface area contributed by atoms with Crippen LogP contribution >= 0.6 is 0 Å². The molecule has 5 nitrogen and oxygen atoms in total. The van der Waals surface area contributed by atoms with Gasteiger partial charge in [0.25, 0.3) is 5.91 Å². The van der Waals surface area contributed by atoms with Gasteiger partial charge in [0.05, 0.1) is 11.8 Å². The van der Waals surface area contributed by atoms with Gasteiger partial charge in [0, 0.05) is 18.8 Å². The lowest BCUT2D eigenvalue weighted by molar-refractivity contribution is 0.0944. The highest BCUT2D eigenvalue weighted by molar-refractivity contribution is 5.95. The smallest absolute Gasteiger partial charge is 0.254 e. The Kier molecular flexibility index (Phi) is 5.17. The number of carbonyl (C=O) groups is 1. The molecule has 1 aromatic heterocycles. The molecule has 0 bridgehead atoms.